The zero-order chi connectivity index (χ0) is 42.1. The van der Waals surface area contributed by atoms with E-state index in [1.807, 2.05) is 115 Å². The van der Waals surface area contributed by atoms with Crippen molar-refractivity contribution < 1.29 is 33.5 Å². The topological polar surface area (TPSA) is 78.9 Å². The molecule has 2 aliphatic rings. The van der Waals surface area contributed by atoms with Gasteiger partial charge in [0.1, 0.15) is 35.8 Å². The Bertz CT molecular complexity index is 2270. The summed E-state index contributed by atoms with van der Waals surface area (Å²) in [6, 6.07) is 52.6. The number of phenols is 1. The Labute approximate surface area is 365 Å². The van der Waals surface area contributed by atoms with E-state index in [2.05, 4.69) is 50.2 Å². The summed E-state index contributed by atoms with van der Waals surface area (Å²) in [7, 11) is 0. The first-order valence-corrected chi connectivity index (χ1v) is 21.7. The molecule has 61 heavy (non-hydrogen) atoms. The minimum absolute atomic E-state index is 0.00191. The fourth-order valence-corrected chi connectivity index (χ4v) is 8.61. The predicted molar refractivity (Wildman–Crippen MR) is 238 cm³/mol. The average molecular weight is 839 g/mol. The summed E-state index contributed by atoms with van der Waals surface area (Å²) in [5.41, 5.74) is 5.91. The maximum absolute atomic E-state index is 12.2. The SMILES string of the molecule is CCc1ccc(Cc2cc([C@@]3(CC4(C)CO4)O[C@H](COCc4ccccc4)[C@@H](OCc4ccccc4)[C@@H](OCc4ccccc4)[C@@H]3OCc3ccccc3)c(O)cc2Cl)cc1. The number of hydrogen-bond acceptors (Lipinski definition) is 7. The van der Waals surface area contributed by atoms with E-state index < -0.39 is 35.6 Å². The summed E-state index contributed by atoms with van der Waals surface area (Å²) in [6.45, 7) is 6.14. The van der Waals surface area contributed by atoms with E-state index in [1.54, 1.807) is 6.07 Å². The molecule has 0 radical (unpaired) electrons. The van der Waals surface area contributed by atoms with Crippen molar-refractivity contribution >= 4 is 11.6 Å². The van der Waals surface area contributed by atoms with Crippen molar-refractivity contribution in [2.45, 2.75) is 95.2 Å². The lowest BCUT2D eigenvalue weighted by Gasteiger charge is -2.54. The number of rotatable bonds is 19. The molecule has 0 aromatic heterocycles. The van der Waals surface area contributed by atoms with E-state index in [9.17, 15) is 5.11 Å². The van der Waals surface area contributed by atoms with Crippen molar-refractivity contribution in [3.05, 3.63) is 207 Å². The van der Waals surface area contributed by atoms with Gasteiger partial charge in [0.15, 0.2) is 0 Å². The molecule has 0 amide bonds. The number of phenolic OH excluding ortho intramolecular Hbond substituents is 1. The highest BCUT2D eigenvalue weighted by Gasteiger charge is 2.62. The summed E-state index contributed by atoms with van der Waals surface area (Å²) >= 11 is 7.02. The van der Waals surface area contributed by atoms with Crippen molar-refractivity contribution in [2.24, 2.45) is 0 Å². The van der Waals surface area contributed by atoms with Crippen LogP contribution in [0.2, 0.25) is 5.02 Å². The molecular weight excluding hydrogens is 784 g/mol. The molecule has 0 saturated carbocycles. The number of hydrogen-bond donors (Lipinski definition) is 1. The summed E-state index contributed by atoms with van der Waals surface area (Å²) < 4.78 is 41.7. The largest absolute Gasteiger partial charge is 0.508 e. The second kappa shape index (κ2) is 19.9. The zero-order valence-corrected chi connectivity index (χ0v) is 35.7. The molecule has 1 unspecified atom stereocenters. The minimum Gasteiger partial charge on any atom is -0.508 e. The fraction of sp³-hybridized carbons (Fsp3) is 0.321. The molecule has 6 aromatic carbocycles. The molecule has 0 spiro atoms. The molecule has 0 bridgehead atoms. The summed E-state index contributed by atoms with van der Waals surface area (Å²) in [4.78, 5) is 0. The molecule has 2 heterocycles. The van der Waals surface area contributed by atoms with Crippen molar-refractivity contribution in [3.63, 3.8) is 0 Å². The number of aromatic hydroxyl groups is 1. The average Bonchev–Trinajstić information content (AvgIpc) is 4.02. The molecule has 7 nitrogen and oxygen atoms in total. The van der Waals surface area contributed by atoms with Gasteiger partial charge < -0.3 is 33.5 Å². The van der Waals surface area contributed by atoms with Crippen molar-refractivity contribution in [1.29, 1.82) is 0 Å². The van der Waals surface area contributed by atoms with Gasteiger partial charge in [0, 0.05) is 17.0 Å². The summed E-state index contributed by atoms with van der Waals surface area (Å²) in [6.07, 6.45) is -1.00. The first-order valence-electron chi connectivity index (χ1n) is 21.3. The lowest BCUT2D eigenvalue weighted by molar-refractivity contribution is -0.317. The van der Waals surface area contributed by atoms with Crippen LogP contribution in [0.5, 0.6) is 5.75 Å². The highest BCUT2D eigenvalue weighted by molar-refractivity contribution is 6.31. The molecule has 6 atom stereocenters. The van der Waals surface area contributed by atoms with E-state index in [0.29, 0.717) is 43.2 Å². The quantitative estimate of drug-likeness (QED) is 0.0814. The molecule has 2 saturated heterocycles. The monoisotopic (exact) mass is 838 g/mol. The van der Waals surface area contributed by atoms with Crippen LogP contribution < -0.4 is 0 Å². The van der Waals surface area contributed by atoms with Gasteiger partial charge in [-0.3, -0.25) is 0 Å². The minimum atomic E-state index is -1.33. The number of ether oxygens (including phenoxy) is 6. The maximum atomic E-state index is 12.2. The number of halogens is 1. The first-order chi connectivity index (χ1) is 29.8. The Kier molecular flexibility index (Phi) is 14.0. The molecule has 1 N–H and O–H groups in total. The van der Waals surface area contributed by atoms with Gasteiger partial charge in [-0.2, -0.15) is 0 Å². The van der Waals surface area contributed by atoms with Crippen LogP contribution in [-0.4, -0.2) is 48.3 Å². The van der Waals surface area contributed by atoms with Gasteiger partial charge in [0.05, 0.1) is 45.2 Å². The smallest absolute Gasteiger partial charge is 0.129 e. The van der Waals surface area contributed by atoms with Crippen LogP contribution in [0.25, 0.3) is 0 Å². The predicted octanol–water partition coefficient (Wildman–Crippen LogP) is 10.9. The van der Waals surface area contributed by atoms with Gasteiger partial charge in [-0.25, -0.2) is 0 Å². The molecule has 316 valence electrons. The van der Waals surface area contributed by atoms with Crippen LogP contribution in [0.1, 0.15) is 64.8 Å². The Morgan fingerprint density at radius 3 is 1.64 bits per heavy atom. The Morgan fingerprint density at radius 1 is 0.623 bits per heavy atom. The number of epoxide rings is 1. The van der Waals surface area contributed by atoms with Crippen LogP contribution in [0.4, 0.5) is 0 Å². The van der Waals surface area contributed by atoms with Gasteiger partial charge >= 0.3 is 0 Å². The van der Waals surface area contributed by atoms with Crippen molar-refractivity contribution in [2.75, 3.05) is 13.2 Å². The normalized spacial score (nSPS) is 23.5. The van der Waals surface area contributed by atoms with Crippen molar-refractivity contribution in [1.82, 2.24) is 0 Å². The second-order valence-electron chi connectivity index (χ2n) is 16.5. The van der Waals surface area contributed by atoms with E-state index in [4.69, 9.17) is 40.0 Å². The Balaban J connectivity index is 1.27. The van der Waals surface area contributed by atoms with Gasteiger partial charge in [-0.1, -0.05) is 164 Å². The van der Waals surface area contributed by atoms with Crippen LogP contribution >= 0.6 is 11.6 Å². The number of aryl methyl sites for hydroxylation is 1. The van der Waals surface area contributed by atoms with Crippen LogP contribution in [0.3, 0.4) is 0 Å². The maximum Gasteiger partial charge on any atom is 0.129 e. The molecule has 8 heteroatoms. The molecule has 2 fully saturated rings. The molecule has 0 aliphatic carbocycles. The third-order valence-electron chi connectivity index (χ3n) is 11.8. The molecular formula is C53H55ClO7. The van der Waals surface area contributed by atoms with Crippen molar-refractivity contribution in [3.8, 4) is 5.75 Å². The second-order valence-corrected chi connectivity index (χ2v) is 16.9. The first kappa shape index (κ1) is 42.8. The van der Waals surface area contributed by atoms with E-state index in [1.165, 1.54) is 5.56 Å². The highest BCUT2D eigenvalue weighted by atomic mass is 35.5. The summed E-state index contributed by atoms with van der Waals surface area (Å²) in [5, 5.41) is 12.7. The standard InChI is InChI=1S/C53H55ClO7/c1-3-38-24-26-39(27-25-38)28-44-29-45(47(55)30-46(44)54)53(36-52(2)37-60-52)51(59-34-43-22-14-7-15-23-43)50(58-33-42-20-12-6-13-21-42)49(57-32-41-18-10-5-11-19-41)48(61-53)35-56-31-40-16-8-4-9-17-40/h4-27,29-30,48-51,55H,3,28,31-37H2,1-2H3/t48-,49-,50-,51+,52?,53-/m1/s1. The van der Waals surface area contributed by atoms with E-state index in [0.717, 1.165) is 39.8 Å². The van der Waals surface area contributed by atoms with Gasteiger partial charge in [0.25, 0.3) is 0 Å². The Morgan fingerprint density at radius 2 is 1.11 bits per heavy atom. The van der Waals surface area contributed by atoms with Crippen LogP contribution in [-0.2, 0) is 73.3 Å². The third-order valence-corrected chi connectivity index (χ3v) is 12.1. The van der Waals surface area contributed by atoms with Crippen LogP contribution in [0.15, 0.2) is 158 Å². The summed E-state index contributed by atoms with van der Waals surface area (Å²) in [5.74, 6) is 0.00191. The number of benzene rings is 6. The van der Waals surface area contributed by atoms with E-state index >= 15 is 0 Å². The molecule has 2 aliphatic heterocycles. The third kappa shape index (κ3) is 10.8. The zero-order valence-electron chi connectivity index (χ0n) is 35.0. The molecule has 6 aromatic rings. The molecule has 8 rings (SSSR count). The van der Waals surface area contributed by atoms with Crippen LogP contribution in [0, 0.1) is 0 Å². The lowest BCUT2D eigenvalue weighted by atomic mass is 9.73. The van der Waals surface area contributed by atoms with E-state index in [-0.39, 0.29) is 25.6 Å². The van der Waals surface area contributed by atoms with Gasteiger partial charge in [0.2, 0.25) is 0 Å². The van der Waals surface area contributed by atoms with Gasteiger partial charge in [-0.15, -0.1) is 0 Å². The lowest BCUT2D eigenvalue weighted by Crippen LogP contribution is -2.66. The van der Waals surface area contributed by atoms with Gasteiger partial charge in [-0.05, 0) is 70.8 Å². The Hall–Kier alpha value is -4.83. The highest BCUT2D eigenvalue weighted by Crippen LogP contribution is 2.53. The fourth-order valence-electron chi connectivity index (χ4n) is 8.39.